The van der Waals surface area contributed by atoms with Gasteiger partial charge in [0, 0.05) is 0 Å². The van der Waals surface area contributed by atoms with E-state index in [1.807, 2.05) is 0 Å². The van der Waals surface area contributed by atoms with E-state index in [-0.39, 0.29) is 21.5 Å². The fourth-order valence-corrected chi connectivity index (χ4v) is 0. The Hall–Kier alpha value is 0.0995. The summed E-state index contributed by atoms with van der Waals surface area (Å²) in [5, 5.41) is 0. The van der Waals surface area contributed by atoms with Gasteiger partial charge in [0.2, 0.25) is 0 Å². The molecule has 0 fully saturated rings. The van der Waals surface area contributed by atoms with Crippen molar-refractivity contribution in [3.8, 4) is 0 Å². The topological polar surface area (TPSA) is 0 Å². The average Bonchev–Trinajstić information content (AvgIpc) is 1.70. The van der Waals surface area contributed by atoms with Gasteiger partial charge in [0.1, 0.15) is 0 Å². The Balaban J connectivity index is -0.0000000257. The molecule has 0 aliphatic carbocycles. The summed E-state index contributed by atoms with van der Waals surface area (Å²) in [7, 11) is 0. The zero-order valence-electron chi connectivity index (χ0n) is 5.62. The summed E-state index contributed by atoms with van der Waals surface area (Å²) in [6.07, 6.45) is 0. The van der Waals surface area contributed by atoms with E-state index in [1.165, 1.54) is 0 Å². The van der Waals surface area contributed by atoms with E-state index >= 15 is 0 Å². The fraction of sp³-hybridized carbons (Fsp3) is 0. The Morgan fingerprint density at radius 2 is 0.714 bits per heavy atom. The Morgan fingerprint density at radius 1 is 0.714 bits per heavy atom. The van der Waals surface area contributed by atoms with Crippen molar-refractivity contribution in [1.82, 2.24) is 0 Å². The van der Waals surface area contributed by atoms with Gasteiger partial charge in [-0.3, -0.25) is 0 Å². The van der Waals surface area contributed by atoms with Gasteiger partial charge in [-0.2, -0.15) is 0 Å². The van der Waals surface area contributed by atoms with Crippen molar-refractivity contribution in [2.24, 2.45) is 0 Å². The van der Waals surface area contributed by atoms with Gasteiger partial charge in [0.25, 0.3) is 0 Å². The molecule has 53 valence electrons. The van der Waals surface area contributed by atoms with Crippen LogP contribution in [0.5, 0.6) is 0 Å². The first kappa shape index (κ1) is 7.10. The predicted molar refractivity (Wildman–Crippen MR) is 10.8 cm³/mol. The summed E-state index contributed by atoms with van der Waals surface area (Å²) >= 11 is 0. The number of rotatable bonds is 0. The molecule has 0 bridgehead atoms. The van der Waals surface area contributed by atoms with Crippen molar-refractivity contribution in [2.75, 3.05) is 0 Å². The maximum atomic E-state index is 9.38. The third kappa shape index (κ3) is 10400. The molecular formula is H3F6Fe. The van der Waals surface area contributed by atoms with Gasteiger partial charge in [0.05, 0.1) is 0 Å². The molecule has 0 saturated carbocycles. The van der Waals surface area contributed by atoms with Gasteiger partial charge in [-0.15, -0.1) is 0 Å². The van der Waals surface area contributed by atoms with Crippen molar-refractivity contribution in [3.05, 3.63) is 0 Å². The second kappa shape index (κ2) is 16000. The normalized spacial score (nSPS) is 4.29. The first-order chi connectivity index (χ1) is 4.24. The molecule has 0 aliphatic rings. The first-order valence-corrected chi connectivity index (χ1v) is 0. The van der Waals surface area contributed by atoms with Gasteiger partial charge in [-0.1, -0.05) is 0 Å². The van der Waals surface area contributed by atoms with Crippen LogP contribution in [0.1, 0.15) is 0 Å². The van der Waals surface area contributed by atoms with Crippen LogP contribution in [0.15, 0.2) is 0 Å². The molecule has 0 spiro atoms. The molecule has 0 aromatic rings. The third-order valence-electron chi connectivity index (χ3n) is 0. The van der Waals surface area contributed by atoms with Crippen molar-refractivity contribution in [1.29, 1.82) is 4.43 Å². The monoisotopic (exact) mass is 173 g/mol. The van der Waals surface area contributed by atoms with Gasteiger partial charge in [-0.25, -0.2) is 0 Å². The van der Waals surface area contributed by atoms with Gasteiger partial charge in [-0.05, 0) is 0 Å². The molecule has 0 aromatic heterocycles. The molecule has 0 atom stereocenters. The summed E-state index contributed by atoms with van der Waals surface area (Å²) in [6.45, 7) is 0. The zero-order valence-corrected chi connectivity index (χ0v) is 3.73. The van der Waals surface area contributed by atoms with E-state index in [0.29, 0.717) is 0 Å². The molecule has 0 nitrogen and oxygen atoms in total. The summed E-state index contributed by atoms with van der Waals surface area (Å²) in [6, 6.07) is 0. The van der Waals surface area contributed by atoms with Crippen LogP contribution in [0.25, 0.3) is 0 Å². The van der Waals surface area contributed by atoms with E-state index in [0.717, 1.165) is 0 Å². The van der Waals surface area contributed by atoms with E-state index < -0.39 is 0 Å². The van der Waals surface area contributed by atoms with Crippen molar-refractivity contribution in [3.63, 3.8) is 0 Å². The van der Waals surface area contributed by atoms with Gasteiger partial charge in [0.15, 0.2) is 4.43 Å². The number of halogens is 6. The van der Waals surface area contributed by atoms with Crippen molar-refractivity contribution >= 4 is 0 Å². The van der Waals surface area contributed by atoms with E-state index in [9.17, 15) is 28.3 Å². The molecule has 0 aliphatic heterocycles. The van der Waals surface area contributed by atoms with Crippen LogP contribution < -0.4 is 0 Å². The van der Waals surface area contributed by atoms with Crippen molar-refractivity contribution < 1.29 is 45.4 Å². The largest absolute Gasteiger partial charge is 3.00 e. The summed E-state index contributed by atoms with van der Waals surface area (Å²) in [5.41, 5.74) is 0. The van der Waals surface area contributed by atoms with Crippen LogP contribution in [-0.4, -0.2) is 4.43 Å². The van der Waals surface area contributed by atoms with Crippen LogP contribution >= 0.6 is 0 Å². The second-order valence-electron chi connectivity index (χ2n) is 0. The number of hydrogen-bond donors (Lipinski definition) is 0. The van der Waals surface area contributed by atoms with Crippen LogP contribution in [0.4, 0.5) is 28.3 Å². The molecule has 0 N–H and O–H groups in total. The molecule has 0 heterocycles. The van der Waals surface area contributed by atoms with Gasteiger partial charge < -0.3 is 28.3 Å². The van der Waals surface area contributed by atoms with Crippen molar-refractivity contribution in [2.45, 2.75) is 0 Å². The van der Waals surface area contributed by atoms with Crippen LogP contribution in [0.2, 0.25) is 0 Å². The maximum absolute atomic E-state index is 9.38. The Kier molecular flexibility index (Phi) is 16300. The fourth-order valence-electron chi connectivity index (χ4n) is 0. The van der Waals surface area contributed by atoms with Gasteiger partial charge >= 0.3 is 17.1 Å². The molecule has 1 radical (unpaired) electrons. The molecule has 7 heavy (non-hydrogen) atoms. The molecule has 0 saturated heterocycles. The number of hydrogen-bond acceptors (Lipinski definition) is 0. The smallest absolute Gasteiger partial charge is 0.590 e. The minimum absolute atomic E-state index is 0. The Morgan fingerprint density at radius 3 is 0.714 bits per heavy atom. The molecule has 0 aromatic carbocycles. The summed E-state index contributed by atoms with van der Waals surface area (Å²) in [5.74, 6) is 0. The molecular weight excluding hydrogens is 170 g/mol. The Bertz CT molecular complexity index is 17.7. The van der Waals surface area contributed by atoms with Crippen LogP contribution in [-0.2, 0) is 17.1 Å². The SMILES string of the molecule is F[H-]F.F[H-]F.F[H-]F.[Fe+3]. The quantitative estimate of drug-likeness (QED) is 0.386. The average molecular weight is 173 g/mol. The third-order valence-corrected chi connectivity index (χ3v) is 0. The minimum Gasteiger partial charge on any atom is -0.590 e. The van der Waals surface area contributed by atoms with E-state index in [2.05, 4.69) is 0 Å². The Labute approximate surface area is 51.0 Å². The molecule has 0 rings (SSSR count). The van der Waals surface area contributed by atoms with E-state index in [4.69, 9.17) is 0 Å². The summed E-state index contributed by atoms with van der Waals surface area (Å²) in [4.78, 5) is 0. The second-order valence-corrected chi connectivity index (χ2v) is 0. The van der Waals surface area contributed by atoms with E-state index in [1.54, 1.807) is 0 Å². The molecule has 7 heteroatoms. The molecule has 0 amide bonds. The van der Waals surface area contributed by atoms with Crippen LogP contribution in [0.3, 0.4) is 0 Å². The standard InChI is InChI=1S/3F2H.Fe/c3*1-3-2;/q3*-1;+3. The van der Waals surface area contributed by atoms with Crippen LogP contribution in [0, 0.1) is 0 Å². The minimum atomic E-state index is -0.250. The maximum Gasteiger partial charge on any atom is 3.00 e. The first-order valence-electron chi connectivity index (χ1n) is 2.27. The predicted octanol–water partition coefficient (Wildman–Crippen LogP) is 1.72. The molecule has 0 unspecified atom stereocenters. The summed E-state index contributed by atoms with van der Waals surface area (Å²) < 4.78 is 55.5. The zero-order chi connectivity index (χ0) is 8.12.